The van der Waals surface area contributed by atoms with E-state index in [0.29, 0.717) is 46.4 Å². The van der Waals surface area contributed by atoms with Crippen molar-refractivity contribution in [3.05, 3.63) is 82.6 Å². The Morgan fingerprint density at radius 3 is 2.01 bits per heavy atom. The van der Waals surface area contributed by atoms with Crippen LogP contribution in [0, 0.1) is 0 Å². The first-order valence-corrected chi connectivity index (χ1v) is 25.2. The molecule has 4 amide bonds. The van der Waals surface area contributed by atoms with Crippen molar-refractivity contribution in [2.24, 2.45) is 5.73 Å². The number of nitrogens with zero attached hydrogens (tertiary/aromatic N) is 4. The van der Waals surface area contributed by atoms with Crippen molar-refractivity contribution in [2.75, 3.05) is 32.1 Å². The van der Waals surface area contributed by atoms with Crippen LogP contribution >= 0.6 is 27.7 Å². The second-order valence-electron chi connectivity index (χ2n) is 20.1. The van der Waals surface area contributed by atoms with Gasteiger partial charge < -0.3 is 50.8 Å². The Morgan fingerprint density at radius 1 is 0.789 bits per heavy atom. The number of benzene rings is 2. The first-order valence-electron chi connectivity index (χ1n) is 23.6. The molecule has 0 bridgehead atoms. The van der Waals surface area contributed by atoms with Gasteiger partial charge in [-0.3, -0.25) is 14.2 Å². The highest BCUT2D eigenvalue weighted by Crippen LogP contribution is 2.38. The molecule has 0 unspecified atom stereocenters. The minimum absolute atomic E-state index is 0.0740. The van der Waals surface area contributed by atoms with E-state index < -0.39 is 71.0 Å². The Kier molecular flexibility index (Phi) is 20.7. The summed E-state index contributed by atoms with van der Waals surface area (Å²) in [6.07, 6.45) is 2.45. The number of carbonyl (C=O) groups excluding carboxylic acids is 5. The molecule has 0 aliphatic carbocycles. The number of halogens is 1. The summed E-state index contributed by atoms with van der Waals surface area (Å²) >= 11 is 4.97. The number of likely N-dealkylation sites (N-methyl/N-ethyl adjacent to an activating group) is 2. The van der Waals surface area contributed by atoms with E-state index in [9.17, 15) is 33.9 Å². The molecule has 0 fully saturated rings. The highest BCUT2D eigenvalue weighted by molar-refractivity contribution is 9.10. The molecule has 0 spiro atoms. The number of aliphatic carboxylic acids is 1. The van der Waals surface area contributed by atoms with Crippen molar-refractivity contribution >= 4 is 80.3 Å². The lowest BCUT2D eigenvalue weighted by Gasteiger charge is -2.33. The number of carboxylic acid groups (broad SMARTS) is 1. The lowest BCUT2D eigenvalue weighted by molar-refractivity contribution is -0.150. The van der Waals surface area contributed by atoms with Gasteiger partial charge in [-0.1, -0.05) is 52.0 Å². The van der Waals surface area contributed by atoms with Crippen LogP contribution < -0.4 is 26.6 Å². The molecular formula is C51H71BrN8O10S. The molecular weight excluding hydrogens is 997 g/mol. The van der Waals surface area contributed by atoms with Gasteiger partial charge in [0.2, 0.25) is 11.8 Å². The van der Waals surface area contributed by atoms with Gasteiger partial charge in [-0.05, 0) is 136 Å². The van der Waals surface area contributed by atoms with Crippen molar-refractivity contribution in [3.63, 3.8) is 0 Å². The van der Waals surface area contributed by atoms with Crippen molar-refractivity contribution in [3.8, 4) is 0 Å². The first kappa shape index (κ1) is 57.7. The van der Waals surface area contributed by atoms with Gasteiger partial charge in [0.25, 0.3) is 0 Å². The zero-order valence-electron chi connectivity index (χ0n) is 42.7. The van der Waals surface area contributed by atoms with Crippen LogP contribution in [0.5, 0.6) is 0 Å². The van der Waals surface area contributed by atoms with Crippen LogP contribution in [0.3, 0.4) is 0 Å². The first-order chi connectivity index (χ1) is 33.2. The molecule has 2 aromatic carbocycles. The van der Waals surface area contributed by atoms with E-state index in [1.807, 2.05) is 24.3 Å². The molecule has 4 aromatic rings. The van der Waals surface area contributed by atoms with E-state index in [4.69, 9.17) is 24.9 Å². The Balaban J connectivity index is 1.70. The van der Waals surface area contributed by atoms with Crippen molar-refractivity contribution < 1.29 is 48.1 Å². The molecule has 18 nitrogen and oxygen atoms in total. The summed E-state index contributed by atoms with van der Waals surface area (Å²) in [5.41, 5.74) is 6.38. The number of pyridine rings is 1. The van der Waals surface area contributed by atoms with Crippen LogP contribution in [0.15, 0.2) is 81.4 Å². The van der Waals surface area contributed by atoms with Gasteiger partial charge in [0.05, 0.1) is 11.2 Å². The van der Waals surface area contributed by atoms with Crippen molar-refractivity contribution in [2.45, 2.75) is 152 Å². The maximum atomic E-state index is 14.9. The molecule has 20 heteroatoms. The molecule has 0 aliphatic rings. The highest BCUT2D eigenvalue weighted by Gasteiger charge is 2.36. The normalized spacial score (nSPS) is 13.1. The summed E-state index contributed by atoms with van der Waals surface area (Å²) in [6, 6.07) is 12.7. The number of alkyl carbamates (subject to hydrolysis) is 2. The summed E-state index contributed by atoms with van der Waals surface area (Å²) < 4.78 is 18.6. The molecule has 3 atom stereocenters. The second kappa shape index (κ2) is 25.5. The molecule has 2 aromatic heterocycles. The number of hydrogen-bond acceptors (Lipinski definition) is 13. The van der Waals surface area contributed by atoms with E-state index >= 15 is 0 Å². The number of unbranched alkanes of at least 4 members (excludes halogenated alkanes) is 1. The van der Waals surface area contributed by atoms with E-state index in [1.165, 1.54) is 29.6 Å². The second-order valence-corrected chi connectivity index (χ2v) is 21.9. The fourth-order valence-electron chi connectivity index (χ4n) is 7.51. The minimum Gasteiger partial charge on any atom is -0.480 e. The van der Waals surface area contributed by atoms with Crippen LogP contribution in [0.25, 0.3) is 10.9 Å². The Bertz CT molecular complexity index is 2500. The summed E-state index contributed by atoms with van der Waals surface area (Å²) in [5.74, 6) is -2.52. The molecule has 2 heterocycles. The third-order valence-electron chi connectivity index (χ3n) is 10.8. The predicted molar refractivity (Wildman–Crippen MR) is 278 cm³/mol. The Labute approximate surface area is 429 Å². The predicted octanol–water partition coefficient (Wildman–Crippen LogP) is 8.64. The van der Waals surface area contributed by atoms with Crippen molar-refractivity contribution in [1.29, 1.82) is 0 Å². The summed E-state index contributed by atoms with van der Waals surface area (Å²) in [4.78, 5) is 89.7. The Morgan fingerprint density at radius 2 is 1.41 bits per heavy atom. The molecule has 6 N–H and O–H groups in total. The standard InChI is InChI=1S/C51H71BrN8O10S/c1-49(2,3)68-46(65)55-26-15-14-21-36(44(62)59(11)40(45(63)64)29-32-31-60(48(67)70-51(7,8)9)37-22-13-12-19-33(32)37)57-42(61)38(23-17-28-56-47(66)69-50(4,5)6)58(10)39-24-18-27-54-43(39)71-41-25-16-20-35(52)34(41)30-53/h12-13,16,18-20,22,24-25,27,31,36,38,40H,14-15,17,21,23,26,28-30,53H2,1-11H3,(H,55,65)(H,56,66)(H,57,61)(H,63,64)/t36-,38-,40-/m0/s1. The molecule has 0 saturated carbocycles. The van der Waals surface area contributed by atoms with Gasteiger partial charge >= 0.3 is 24.2 Å². The van der Waals surface area contributed by atoms with E-state index in [-0.39, 0.29) is 38.9 Å². The SMILES string of the molecule is CN(C(=O)[C@H](CCCCNC(=O)OC(C)(C)C)NC(=O)[C@H](CCCNC(=O)OC(C)(C)C)N(C)c1cccnc1Sc1cccc(Br)c1CN)[C@@H](Cc1cn(C(=O)OC(C)(C)C)c2ccccc12)C(=O)O. The number of amides is 4. The fourth-order valence-corrected chi connectivity index (χ4v) is 9.27. The number of anilines is 1. The smallest absolute Gasteiger partial charge is 0.419 e. The quantitative estimate of drug-likeness (QED) is 0.0388. The summed E-state index contributed by atoms with van der Waals surface area (Å²) in [7, 11) is 3.12. The van der Waals surface area contributed by atoms with Crippen LogP contribution in [0.4, 0.5) is 20.1 Å². The number of rotatable bonds is 21. The maximum absolute atomic E-state index is 14.9. The molecule has 0 aliphatic heterocycles. The molecule has 71 heavy (non-hydrogen) atoms. The van der Waals surface area contributed by atoms with E-state index in [2.05, 4.69) is 31.9 Å². The molecule has 4 rings (SSSR count). The average Bonchev–Trinajstić information content (AvgIpc) is 3.64. The number of carboxylic acids is 1. The largest absolute Gasteiger partial charge is 0.480 e. The zero-order valence-corrected chi connectivity index (χ0v) is 45.1. The lowest BCUT2D eigenvalue weighted by Crippen LogP contribution is -2.56. The summed E-state index contributed by atoms with van der Waals surface area (Å²) in [6.45, 7) is 16.4. The van der Waals surface area contributed by atoms with E-state index in [1.54, 1.807) is 111 Å². The number of nitrogens with one attached hydrogen (secondary N) is 3. The number of ether oxygens (including phenoxy) is 3. The topological polar surface area (TPSA) is 237 Å². The highest BCUT2D eigenvalue weighted by atomic mass is 79.9. The number of carbonyl (C=O) groups is 6. The average molecular weight is 1070 g/mol. The van der Waals surface area contributed by atoms with Crippen LogP contribution in [0.1, 0.15) is 106 Å². The minimum atomic E-state index is -1.43. The zero-order chi connectivity index (χ0) is 52.8. The monoisotopic (exact) mass is 1070 g/mol. The van der Waals surface area contributed by atoms with Gasteiger partial charge in [-0.2, -0.15) is 0 Å². The molecule has 388 valence electrons. The lowest BCUT2D eigenvalue weighted by atomic mass is 10.0. The van der Waals surface area contributed by atoms with Gasteiger partial charge in [-0.25, -0.2) is 24.2 Å². The third-order valence-corrected chi connectivity index (χ3v) is 12.7. The number of nitrogens with two attached hydrogens (primary N) is 1. The van der Waals surface area contributed by atoms with Crippen LogP contribution in [0.2, 0.25) is 0 Å². The van der Waals surface area contributed by atoms with Crippen LogP contribution in [-0.4, -0.2) is 118 Å². The third kappa shape index (κ3) is 17.7. The number of para-hydroxylation sites is 1. The van der Waals surface area contributed by atoms with Gasteiger partial charge in [0, 0.05) is 67.3 Å². The maximum Gasteiger partial charge on any atom is 0.419 e. The van der Waals surface area contributed by atoms with Crippen molar-refractivity contribution in [1.82, 2.24) is 30.4 Å². The van der Waals surface area contributed by atoms with Gasteiger partial charge in [0.1, 0.15) is 40.0 Å². The fraction of sp³-hybridized carbons (Fsp3) is 0.510. The van der Waals surface area contributed by atoms with Gasteiger partial charge in [-0.15, -0.1) is 0 Å². The van der Waals surface area contributed by atoms with E-state index in [0.717, 1.165) is 19.8 Å². The van der Waals surface area contributed by atoms with Crippen LogP contribution in [-0.2, 0) is 41.6 Å². The van der Waals surface area contributed by atoms with Gasteiger partial charge in [0.15, 0.2) is 0 Å². The molecule has 0 radical (unpaired) electrons. The number of hydrogen-bond donors (Lipinski definition) is 5. The Hall–Kier alpha value is -5.86. The number of aromatic nitrogens is 2. The number of fused-ring (bicyclic) bond motifs is 1. The summed E-state index contributed by atoms with van der Waals surface area (Å²) in [5, 5.41) is 20.4. The molecule has 0 saturated heterocycles.